The Balaban J connectivity index is 1.34. The molecular weight excluding hydrogens is 459 g/mol. The van der Waals surface area contributed by atoms with E-state index in [9.17, 15) is 18.0 Å². The van der Waals surface area contributed by atoms with Crippen molar-refractivity contribution in [2.75, 3.05) is 24.1 Å². The van der Waals surface area contributed by atoms with Crippen molar-refractivity contribution in [2.24, 2.45) is 0 Å². The van der Waals surface area contributed by atoms with E-state index in [2.05, 4.69) is 30.8 Å². The summed E-state index contributed by atoms with van der Waals surface area (Å²) in [5.74, 6) is 0.713. The van der Waals surface area contributed by atoms with Crippen molar-refractivity contribution in [3.63, 3.8) is 0 Å². The number of carbonyl (C=O) groups is 1. The van der Waals surface area contributed by atoms with Gasteiger partial charge in [-0.2, -0.15) is 18.3 Å². The number of piperidine rings is 1. The van der Waals surface area contributed by atoms with Gasteiger partial charge in [0.1, 0.15) is 11.6 Å². The zero-order valence-electron chi connectivity index (χ0n) is 18.5. The lowest BCUT2D eigenvalue weighted by Gasteiger charge is -2.21. The van der Waals surface area contributed by atoms with E-state index in [1.54, 1.807) is 24.3 Å². The number of hydrogen-bond donors (Lipinski definition) is 4. The highest BCUT2D eigenvalue weighted by Gasteiger charge is 2.30. The van der Waals surface area contributed by atoms with Crippen molar-refractivity contribution in [3.8, 4) is 11.3 Å². The minimum Gasteiger partial charge on any atom is -0.383 e. The molecule has 1 aliphatic rings. The smallest absolute Gasteiger partial charge is 0.383 e. The highest BCUT2D eigenvalue weighted by molar-refractivity contribution is 6.04. The summed E-state index contributed by atoms with van der Waals surface area (Å²) in [5.41, 5.74) is 8.00. The summed E-state index contributed by atoms with van der Waals surface area (Å²) in [4.78, 5) is 21.6. The fourth-order valence-electron chi connectivity index (χ4n) is 4.17. The molecule has 1 atom stereocenters. The van der Waals surface area contributed by atoms with E-state index in [1.807, 2.05) is 0 Å². The number of anilines is 2. The third-order valence-corrected chi connectivity index (χ3v) is 6.03. The summed E-state index contributed by atoms with van der Waals surface area (Å²) in [6, 6.07) is 11.0. The standard InChI is InChI=1S/C24H22F3N7O/c25-24(26,27)16-7-3-14(4-8-16)23(35)30-17-9-5-13(6-10-17)19-18-20(28)31-21(32-22(18)34-33-19)15-2-1-11-29-12-15/h3-10,15,29H,1-2,11-12H2,(H,30,35)(H3,28,31,32,33,34)/t15-/m1/s1. The number of nitrogens with zero attached hydrogens (tertiary/aromatic N) is 3. The number of benzene rings is 2. The van der Waals surface area contributed by atoms with Crippen LogP contribution < -0.4 is 16.4 Å². The van der Waals surface area contributed by atoms with Crippen LogP contribution in [0.4, 0.5) is 24.7 Å². The molecule has 180 valence electrons. The highest BCUT2D eigenvalue weighted by atomic mass is 19.4. The topological polar surface area (TPSA) is 122 Å². The molecule has 1 aliphatic heterocycles. The van der Waals surface area contributed by atoms with Crippen LogP contribution in [-0.4, -0.2) is 39.2 Å². The number of aromatic nitrogens is 4. The summed E-state index contributed by atoms with van der Waals surface area (Å²) < 4.78 is 38.2. The van der Waals surface area contributed by atoms with Crippen LogP contribution in [0.15, 0.2) is 48.5 Å². The lowest BCUT2D eigenvalue weighted by molar-refractivity contribution is -0.137. The maximum atomic E-state index is 12.7. The molecule has 0 aliphatic carbocycles. The quantitative estimate of drug-likeness (QED) is 0.344. The molecule has 0 saturated carbocycles. The number of fused-ring (bicyclic) bond motifs is 1. The second-order valence-corrected chi connectivity index (χ2v) is 8.41. The first-order valence-corrected chi connectivity index (χ1v) is 11.1. The van der Waals surface area contributed by atoms with E-state index in [1.165, 1.54) is 0 Å². The first-order valence-electron chi connectivity index (χ1n) is 11.1. The Bertz CT molecular complexity index is 1360. The molecule has 35 heavy (non-hydrogen) atoms. The molecule has 4 aromatic rings. The van der Waals surface area contributed by atoms with Crippen molar-refractivity contribution in [1.29, 1.82) is 0 Å². The van der Waals surface area contributed by atoms with E-state index in [-0.39, 0.29) is 11.5 Å². The molecule has 2 aromatic carbocycles. The first kappa shape index (κ1) is 22.8. The van der Waals surface area contributed by atoms with E-state index in [4.69, 9.17) is 5.73 Å². The van der Waals surface area contributed by atoms with E-state index >= 15 is 0 Å². The van der Waals surface area contributed by atoms with E-state index in [0.29, 0.717) is 34.1 Å². The minimum atomic E-state index is -4.45. The normalized spacial score (nSPS) is 16.4. The summed E-state index contributed by atoms with van der Waals surface area (Å²) >= 11 is 0. The Morgan fingerprint density at radius 1 is 1.06 bits per heavy atom. The van der Waals surface area contributed by atoms with Gasteiger partial charge in [-0.3, -0.25) is 9.89 Å². The molecule has 5 rings (SSSR count). The van der Waals surface area contributed by atoms with Crippen LogP contribution in [0.25, 0.3) is 22.3 Å². The number of aromatic amines is 1. The molecule has 8 nitrogen and oxygen atoms in total. The fourth-order valence-corrected chi connectivity index (χ4v) is 4.17. The SMILES string of the molecule is Nc1nc([C@@H]2CCCNC2)nc2n[nH]c(-c3ccc(NC(=O)c4ccc(C(F)(F)F)cc4)cc3)c12. The van der Waals surface area contributed by atoms with Gasteiger partial charge in [-0.15, -0.1) is 0 Å². The van der Waals surface area contributed by atoms with Gasteiger partial charge in [-0.25, -0.2) is 9.97 Å². The number of carbonyl (C=O) groups excluding carboxylic acids is 1. The van der Waals surface area contributed by atoms with E-state index in [0.717, 1.165) is 55.8 Å². The molecule has 0 bridgehead atoms. The molecule has 0 unspecified atom stereocenters. The lowest BCUT2D eigenvalue weighted by Crippen LogP contribution is -2.29. The van der Waals surface area contributed by atoms with Crippen LogP contribution in [0, 0.1) is 0 Å². The van der Waals surface area contributed by atoms with Gasteiger partial charge in [-0.05, 0) is 55.8 Å². The van der Waals surface area contributed by atoms with E-state index < -0.39 is 17.6 Å². The average Bonchev–Trinajstić information content (AvgIpc) is 3.29. The molecule has 1 amide bonds. The van der Waals surface area contributed by atoms with Gasteiger partial charge in [0, 0.05) is 29.3 Å². The van der Waals surface area contributed by atoms with Crippen LogP contribution in [0.2, 0.25) is 0 Å². The van der Waals surface area contributed by atoms with Gasteiger partial charge >= 0.3 is 6.18 Å². The van der Waals surface area contributed by atoms with Gasteiger partial charge in [0.25, 0.3) is 5.91 Å². The number of halogens is 3. The molecule has 1 saturated heterocycles. The molecule has 1 fully saturated rings. The predicted octanol–water partition coefficient (Wildman–Crippen LogP) is 4.34. The summed E-state index contributed by atoms with van der Waals surface area (Å²) in [6.45, 7) is 1.80. The predicted molar refractivity (Wildman–Crippen MR) is 126 cm³/mol. The number of rotatable bonds is 4. The monoisotopic (exact) mass is 481 g/mol. The number of nitrogens with one attached hydrogen (secondary N) is 3. The average molecular weight is 481 g/mol. The number of amides is 1. The minimum absolute atomic E-state index is 0.121. The molecular formula is C24H22F3N7O. The Labute approximate surface area is 198 Å². The summed E-state index contributed by atoms with van der Waals surface area (Å²) in [6.07, 6.45) is -2.40. The zero-order chi connectivity index (χ0) is 24.6. The fraction of sp³-hybridized carbons (Fsp3) is 0.250. The van der Waals surface area contributed by atoms with Crippen LogP contribution in [0.1, 0.15) is 40.5 Å². The van der Waals surface area contributed by atoms with Crippen molar-refractivity contribution in [2.45, 2.75) is 24.9 Å². The van der Waals surface area contributed by atoms with Crippen LogP contribution in [-0.2, 0) is 6.18 Å². The number of nitrogen functional groups attached to an aromatic ring is 1. The Morgan fingerprint density at radius 3 is 2.46 bits per heavy atom. The Hall–Kier alpha value is -3.99. The Kier molecular flexibility index (Phi) is 5.85. The third kappa shape index (κ3) is 4.67. The van der Waals surface area contributed by atoms with Crippen molar-refractivity contribution < 1.29 is 18.0 Å². The molecule has 0 spiro atoms. The molecule has 3 heterocycles. The van der Waals surface area contributed by atoms with Crippen molar-refractivity contribution in [3.05, 3.63) is 65.5 Å². The molecule has 0 radical (unpaired) electrons. The first-order chi connectivity index (χ1) is 16.8. The molecule has 2 aromatic heterocycles. The van der Waals surface area contributed by atoms with Crippen LogP contribution >= 0.6 is 0 Å². The van der Waals surface area contributed by atoms with Gasteiger partial charge in [0.2, 0.25) is 0 Å². The van der Waals surface area contributed by atoms with Gasteiger partial charge in [0.15, 0.2) is 5.65 Å². The summed E-state index contributed by atoms with van der Waals surface area (Å²) in [7, 11) is 0. The number of H-pyrrole nitrogens is 1. The molecule has 5 N–H and O–H groups in total. The van der Waals surface area contributed by atoms with Gasteiger partial charge in [0.05, 0.1) is 16.6 Å². The lowest BCUT2D eigenvalue weighted by atomic mass is 9.98. The second-order valence-electron chi connectivity index (χ2n) is 8.41. The second kappa shape index (κ2) is 8.99. The van der Waals surface area contributed by atoms with Crippen molar-refractivity contribution in [1.82, 2.24) is 25.5 Å². The number of alkyl halides is 3. The van der Waals surface area contributed by atoms with Crippen LogP contribution in [0.3, 0.4) is 0 Å². The summed E-state index contributed by atoms with van der Waals surface area (Å²) in [5, 5.41) is 13.9. The zero-order valence-corrected chi connectivity index (χ0v) is 18.5. The molecule has 11 heteroatoms. The maximum Gasteiger partial charge on any atom is 0.416 e. The van der Waals surface area contributed by atoms with Gasteiger partial charge < -0.3 is 16.4 Å². The Morgan fingerprint density at radius 2 is 1.80 bits per heavy atom. The highest BCUT2D eigenvalue weighted by Crippen LogP contribution is 2.32. The van der Waals surface area contributed by atoms with Gasteiger partial charge in [-0.1, -0.05) is 12.1 Å². The number of hydrogen-bond acceptors (Lipinski definition) is 6. The largest absolute Gasteiger partial charge is 0.416 e. The maximum absolute atomic E-state index is 12.7. The van der Waals surface area contributed by atoms with Crippen molar-refractivity contribution >= 4 is 28.4 Å². The van der Waals surface area contributed by atoms with Crippen LogP contribution in [0.5, 0.6) is 0 Å². The third-order valence-electron chi connectivity index (χ3n) is 6.03. The number of nitrogens with two attached hydrogens (primary N) is 1.